The van der Waals surface area contributed by atoms with E-state index in [1.807, 2.05) is 24.3 Å². The second kappa shape index (κ2) is 7.35. The number of tetrazole rings is 1. The Hall–Kier alpha value is -2.58. The molecule has 2 aromatic heterocycles. The lowest BCUT2D eigenvalue weighted by Gasteiger charge is -2.37. The normalized spacial score (nSPS) is 17.5. The highest BCUT2D eigenvalue weighted by Crippen LogP contribution is 2.30. The van der Waals surface area contributed by atoms with E-state index in [9.17, 15) is 4.39 Å². The van der Waals surface area contributed by atoms with Gasteiger partial charge < -0.3 is 9.32 Å². The van der Waals surface area contributed by atoms with Crippen LogP contribution in [0.2, 0.25) is 0 Å². The number of nitrogens with zero attached hydrogens (tertiary/aromatic N) is 6. The summed E-state index contributed by atoms with van der Waals surface area (Å²) >= 11 is 0. The largest absolute Gasteiger partial charge is 0.467 e. The third-order valence-corrected chi connectivity index (χ3v) is 4.79. The van der Waals surface area contributed by atoms with Crippen LogP contribution in [0, 0.1) is 5.82 Å². The van der Waals surface area contributed by atoms with Gasteiger partial charge in [-0.25, -0.2) is 9.07 Å². The Balaban J connectivity index is 1.72. The summed E-state index contributed by atoms with van der Waals surface area (Å²) < 4.78 is 21.7. The smallest absolute Gasteiger partial charge is 0.173 e. The first kappa shape index (κ1) is 16.9. The zero-order chi connectivity index (χ0) is 17.9. The highest BCUT2D eigenvalue weighted by molar-refractivity contribution is 5.27. The van der Waals surface area contributed by atoms with E-state index in [0.717, 1.165) is 31.9 Å². The van der Waals surface area contributed by atoms with Crippen molar-refractivity contribution in [2.75, 3.05) is 33.2 Å². The minimum atomic E-state index is -0.338. The molecule has 0 saturated carbocycles. The molecule has 1 aromatic carbocycles. The monoisotopic (exact) mass is 356 g/mol. The summed E-state index contributed by atoms with van der Waals surface area (Å²) in [5.41, 5.74) is 0.590. The SMILES string of the molecule is CN1CCN([C@H](c2ccccc2F)c2nnnn2Cc2ccco2)CC1. The molecule has 0 amide bonds. The molecule has 1 fully saturated rings. The van der Waals surface area contributed by atoms with Crippen LogP contribution >= 0.6 is 0 Å². The molecular formula is C18H21FN6O. The number of halogens is 1. The zero-order valence-electron chi connectivity index (χ0n) is 14.6. The molecular weight excluding hydrogens is 335 g/mol. The number of hydrogen-bond donors (Lipinski definition) is 0. The van der Waals surface area contributed by atoms with Crippen molar-refractivity contribution < 1.29 is 8.81 Å². The maximum Gasteiger partial charge on any atom is 0.173 e. The molecule has 1 aliphatic heterocycles. The summed E-state index contributed by atoms with van der Waals surface area (Å²) in [6, 6.07) is 10.2. The van der Waals surface area contributed by atoms with Crippen molar-refractivity contribution in [3.8, 4) is 0 Å². The van der Waals surface area contributed by atoms with E-state index >= 15 is 0 Å². The third kappa shape index (κ3) is 3.38. The van der Waals surface area contributed by atoms with Gasteiger partial charge in [-0.3, -0.25) is 4.90 Å². The molecule has 0 bridgehead atoms. The number of furan rings is 1. The van der Waals surface area contributed by atoms with Crippen molar-refractivity contribution in [2.45, 2.75) is 12.6 Å². The standard InChI is InChI=1S/C18H21FN6O/c1-23-8-10-24(11-9-23)17(15-6-2-3-7-16(15)19)18-20-21-22-25(18)13-14-5-4-12-26-14/h2-7,12,17H,8-11,13H2,1H3/t17-/m1/s1. The van der Waals surface area contributed by atoms with Gasteiger partial charge in [-0.15, -0.1) is 5.10 Å². The number of likely N-dealkylation sites (N-methyl/N-ethyl adjacent to an activating group) is 1. The van der Waals surface area contributed by atoms with Crippen LogP contribution in [0.25, 0.3) is 0 Å². The number of rotatable bonds is 5. The fraction of sp³-hybridized carbons (Fsp3) is 0.389. The van der Waals surface area contributed by atoms with Crippen LogP contribution in [0.3, 0.4) is 0 Å². The van der Waals surface area contributed by atoms with Crippen LogP contribution in [0.4, 0.5) is 4.39 Å². The maximum atomic E-state index is 14.6. The topological polar surface area (TPSA) is 63.2 Å². The van der Waals surface area contributed by atoms with E-state index in [-0.39, 0.29) is 11.9 Å². The van der Waals surface area contributed by atoms with Crippen molar-refractivity contribution in [3.05, 3.63) is 65.6 Å². The Labute approximate surface area is 151 Å². The highest BCUT2D eigenvalue weighted by Gasteiger charge is 2.31. The Morgan fingerprint density at radius 1 is 1.12 bits per heavy atom. The fourth-order valence-corrected chi connectivity index (χ4v) is 3.35. The van der Waals surface area contributed by atoms with Gasteiger partial charge in [0.1, 0.15) is 24.2 Å². The summed E-state index contributed by atoms with van der Waals surface area (Å²) in [4.78, 5) is 4.50. The number of piperazine rings is 1. The van der Waals surface area contributed by atoms with E-state index < -0.39 is 0 Å². The molecule has 0 spiro atoms. The summed E-state index contributed by atoms with van der Waals surface area (Å²) in [5, 5.41) is 12.2. The van der Waals surface area contributed by atoms with Gasteiger partial charge in [0.25, 0.3) is 0 Å². The molecule has 1 aliphatic rings. The van der Waals surface area contributed by atoms with Crippen LogP contribution in [-0.2, 0) is 6.54 Å². The van der Waals surface area contributed by atoms with Crippen molar-refractivity contribution in [2.24, 2.45) is 0 Å². The molecule has 4 rings (SSSR count). The Kier molecular flexibility index (Phi) is 4.77. The fourth-order valence-electron chi connectivity index (χ4n) is 3.35. The average molecular weight is 356 g/mol. The van der Waals surface area contributed by atoms with Crippen LogP contribution in [-0.4, -0.2) is 63.2 Å². The minimum absolute atomic E-state index is 0.246. The van der Waals surface area contributed by atoms with Gasteiger partial charge in [-0.2, -0.15) is 0 Å². The molecule has 7 nitrogen and oxygen atoms in total. The molecule has 136 valence electrons. The molecule has 0 unspecified atom stereocenters. The highest BCUT2D eigenvalue weighted by atomic mass is 19.1. The maximum absolute atomic E-state index is 14.6. The van der Waals surface area contributed by atoms with Gasteiger partial charge in [0, 0.05) is 31.7 Å². The van der Waals surface area contributed by atoms with Gasteiger partial charge >= 0.3 is 0 Å². The summed E-state index contributed by atoms with van der Waals surface area (Å²) in [7, 11) is 2.09. The number of benzene rings is 1. The van der Waals surface area contributed by atoms with Gasteiger partial charge in [0.05, 0.1) is 6.26 Å². The lowest BCUT2D eigenvalue weighted by molar-refractivity contribution is 0.120. The second-order valence-electron chi connectivity index (χ2n) is 6.54. The summed E-state index contributed by atoms with van der Waals surface area (Å²) in [5.74, 6) is 1.13. The Morgan fingerprint density at radius 2 is 1.92 bits per heavy atom. The molecule has 0 N–H and O–H groups in total. The Bertz CT molecular complexity index is 841. The van der Waals surface area contributed by atoms with Crippen molar-refractivity contribution >= 4 is 0 Å². The Morgan fingerprint density at radius 3 is 2.65 bits per heavy atom. The van der Waals surface area contributed by atoms with Gasteiger partial charge in [0.15, 0.2) is 5.82 Å². The van der Waals surface area contributed by atoms with Crippen molar-refractivity contribution in [3.63, 3.8) is 0 Å². The molecule has 1 saturated heterocycles. The molecule has 8 heteroatoms. The minimum Gasteiger partial charge on any atom is -0.467 e. The van der Waals surface area contributed by atoms with Crippen molar-refractivity contribution in [1.29, 1.82) is 0 Å². The van der Waals surface area contributed by atoms with Crippen LogP contribution in [0.5, 0.6) is 0 Å². The van der Waals surface area contributed by atoms with E-state index in [1.165, 1.54) is 6.07 Å². The lowest BCUT2D eigenvalue weighted by atomic mass is 10.0. The first-order valence-electron chi connectivity index (χ1n) is 8.68. The number of aromatic nitrogens is 4. The van der Waals surface area contributed by atoms with E-state index in [4.69, 9.17) is 4.42 Å². The summed E-state index contributed by atoms with van der Waals surface area (Å²) in [6.07, 6.45) is 1.62. The van der Waals surface area contributed by atoms with E-state index in [2.05, 4.69) is 32.4 Å². The summed E-state index contributed by atoms with van der Waals surface area (Å²) in [6.45, 7) is 3.90. The lowest BCUT2D eigenvalue weighted by Crippen LogP contribution is -2.47. The molecule has 1 atom stereocenters. The molecule has 26 heavy (non-hydrogen) atoms. The van der Waals surface area contributed by atoms with Crippen LogP contribution < -0.4 is 0 Å². The average Bonchev–Trinajstić information content (AvgIpc) is 3.31. The molecule has 3 heterocycles. The predicted molar refractivity (Wildman–Crippen MR) is 92.9 cm³/mol. The van der Waals surface area contributed by atoms with E-state index in [0.29, 0.717) is 17.9 Å². The predicted octanol–water partition coefficient (Wildman–Crippen LogP) is 1.79. The molecule has 0 aliphatic carbocycles. The third-order valence-electron chi connectivity index (χ3n) is 4.79. The van der Waals surface area contributed by atoms with Gasteiger partial charge in [-0.1, -0.05) is 18.2 Å². The van der Waals surface area contributed by atoms with Crippen LogP contribution in [0.1, 0.15) is 23.2 Å². The first-order chi connectivity index (χ1) is 12.7. The van der Waals surface area contributed by atoms with Crippen molar-refractivity contribution in [1.82, 2.24) is 30.0 Å². The first-order valence-corrected chi connectivity index (χ1v) is 8.68. The second-order valence-corrected chi connectivity index (χ2v) is 6.54. The van der Waals surface area contributed by atoms with E-state index in [1.54, 1.807) is 17.0 Å². The van der Waals surface area contributed by atoms with Gasteiger partial charge in [0.2, 0.25) is 0 Å². The zero-order valence-corrected chi connectivity index (χ0v) is 14.6. The molecule has 3 aromatic rings. The van der Waals surface area contributed by atoms with Gasteiger partial charge in [-0.05, 0) is 35.7 Å². The van der Waals surface area contributed by atoms with Crippen LogP contribution in [0.15, 0.2) is 47.1 Å². The quantitative estimate of drug-likeness (QED) is 0.695. The molecule has 0 radical (unpaired) electrons. The number of hydrogen-bond acceptors (Lipinski definition) is 6.